The number of rotatable bonds is 12. The molecule has 0 bridgehead atoms. The maximum Gasteiger partial charge on any atom is 0.144 e. The summed E-state index contributed by atoms with van der Waals surface area (Å²) < 4.78 is 14.3. The van der Waals surface area contributed by atoms with Crippen LogP contribution in [0.15, 0.2) is 218 Å². The Hall–Kier alpha value is -6.52. The first kappa shape index (κ1) is 34.3. The van der Waals surface area contributed by atoms with Crippen molar-refractivity contribution in [2.75, 3.05) is 0 Å². The third-order valence-corrected chi connectivity index (χ3v) is 10.7. The lowest BCUT2D eigenvalue weighted by Crippen LogP contribution is -2.32. The highest BCUT2D eigenvalue weighted by Crippen LogP contribution is 2.43. The van der Waals surface area contributed by atoms with Crippen LogP contribution in [0.25, 0.3) is 21.8 Å². The Morgan fingerprint density at radius 3 is 0.818 bits per heavy atom. The van der Waals surface area contributed by atoms with E-state index >= 15 is 0 Å². The van der Waals surface area contributed by atoms with Crippen molar-refractivity contribution in [1.82, 2.24) is 4.98 Å². The van der Waals surface area contributed by atoms with Gasteiger partial charge in [-0.25, -0.2) is 0 Å². The van der Waals surface area contributed by atoms with E-state index in [0.29, 0.717) is 13.2 Å². The number of aromatic amines is 1. The molecule has 3 heteroatoms. The van der Waals surface area contributed by atoms with Crippen molar-refractivity contribution >= 4 is 21.8 Å². The van der Waals surface area contributed by atoms with Crippen LogP contribution < -0.4 is 0 Å². The maximum absolute atomic E-state index is 7.16. The third-order valence-electron chi connectivity index (χ3n) is 10.7. The SMILES string of the molecule is c1ccc(C(OCc2ccc3c(c2)[nH]c2cc(COC(c4ccccc4)(c4ccccc4)c4ccccc4)ccc23)(c2ccccc2)c2ccccc2)cc1. The predicted octanol–water partition coefficient (Wildman–Crippen LogP) is 12.3. The summed E-state index contributed by atoms with van der Waals surface area (Å²) in [7, 11) is 0. The van der Waals surface area contributed by atoms with Gasteiger partial charge in [-0.15, -0.1) is 0 Å². The number of hydrogen-bond donors (Lipinski definition) is 1. The fraction of sp³-hybridized carbons (Fsp3) is 0.0769. The van der Waals surface area contributed by atoms with Crippen LogP contribution in [0.5, 0.6) is 0 Å². The molecule has 1 aromatic heterocycles. The number of nitrogens with one attached hydrogen (secondary N) is 1. The molecule has 0 amide bonds. The first-order chi connectivity index (χ1) is 27.2. The van der Waals surface area contributed by atoms with Crippen molar-refractivity contribution in [3.63, 3.8) is 0 Å². The van der Waals surface area contributed by atoms with Crippen LogP contribution in [-0.4, -0.2) is 4.98 Å². The maximum atomic E-state index is 7.16. The van der Waals surface area contributed by atoms with Gasteiger partial charge in [0.2, 0.25) is 0 Å². The summed E-state index contributed by atoms with van der Waals surface area (Å²) in [6.45, 7) is 0.841. The molecule has 0 radical (unpaired) electrons. The van der Waals surface area contributed by atoms with Gasteiger partial charge in [0.1, 0.15) is 11.2 Å². The summed E-state index contributed by atoms with van der Waals surface area (Å²) in [4.78, 5) is 3.73. The van der Waals surface area contributed by atoms with Gasteiger partial charge in [0.05, 0.1) is 13.2 Å². The second kappa shape index (κ2) is 15.1. The van der Waals surface area contributed by atoms with E-state index in [1.807, 2.05) is 0 Å². The summed E-state index contributed by atoms with van der Waals surface area (Å²) in [5.74, 6) is 0. The van der Waals surface area contributed by atoms with Crippen LogP contribution in [0.3, 0.4) is 0 Å². The number of H-pyrrole nitrogens is 1. The fourth-order valence-electron chi connectivity index (χ4n) is 8.10. The zero-order valence-electron chi connectivity index (χ0n) is 30.5. The van der Waals surface area contributed by atoms with Gasteiger partial charge in [-0.3, -0.25) is 0 Å². The van der Waals surface area contributed by atoms with Crippen molar-refractivity contribution in [3.8, 4) is 0 Å². The molecular formula is C52H41NO2. The number of ether oxygens (including phenoxy) is 2. The molecule has 0 aliphatic heterocycles. The molecule has 0 atom stereocenters. The topological polar surface area (TPSA) is 34.2 Å². The average molecular weight is 712 g/mol. The van der Waals surface area contributed by atoms with Crippen LogP contribution in [-0.2, 0) is 33.9 Å². The van der Waals surface area contributed by atoms with Crippen LogP contribution >= 0.6 is 0 Å². The van der Waals surface area contributed by atoms with E-state index in [4.69, 9.17) is 9.47 Å². The first-order valence-electron chi connectivity index (χ1n) is 18.9. The third kappa shape index (κ3) is 6.44. The van der Waals surface area contributed by atoms with E-state index in [1.165, 1.54) is 10.8 Å². The lowest BCUT2D eigenvalue weighted by molar-refractivity contribution is 0.000222. The molecule has 266 valence electrons. The molecule has 3 nitrogen and oxygen atoms in total. The molecule has 0 saturated carbocycles. The fourth-order valence-corrected chi connectivity index (χ4v) is 8.10. The Morgan fingerprint density at radius 2 is 0.564 bits per heavy atom. The standard InChI is InChI=1S/C52H41NO2/c1-7-19-41(20-8-1)51(42-21-9-2-10-22-42,43-23-11-3-12-24-43)54-37-39-31-33-47-48-34-32-40(36-50(48)53-49(47)35-39)38-55-52(44-25-13-4-14-26-44,45-27-15-5-16-28-45)46-29-17-6-18-30-46/h1-36,53H,37-38H2. The normalized spacial score (nSPS) is 11.9. The van der Waals surface area contributed by atoms with Crippen molar-refractivity contribution in [3.05, 3.63) is 263 Å². The average Bonchev–Trinajstić information content (AvgIpc) is 3.63. The highest BCUT2D eigenvalue weighted by atomic mass is 16.5. The van der Waals surface area contributed by atoms with Crippen LogP contribution in [0, 0.1) is 0 Å². The lowest BCUT2D eigenvalue weighted by Gasteiger charge is -2.36. The molecule has 0 aliphatic carbocycles. The van der Waals surface area contributed by atoms with Crippen LogP contribution in [0.1, 0.15) is 44.5 Å². The molecule has 55 heavy (non-hydrogen) atoms. The van der Waals surface area contributed by atoms with E-state index in [9.17, 15) is 0 Å². The lowest BCUT2D eigenvalue weighted by atomic mass is 9.80. The van der Waals surface area contributed by atoms with Gasteiger partial charge in [-0.05, 0) is 56.6 Å². The molecule has 0 unspecified atom stereocenters. The Bertz CT molecular complexity index is 2240. The van der Waals surface area contributed by atoms with Gasteiger partial charge < -0.3 is 14.5 Å². The summed E-state index contributed by atoms with van der Waals surface area (Å²) >= 11 is 0. The molecule has 0 aliphatic rings. The zero-order valence-corrected chi connectivity index (χ0v) is 30.5. The Morgan fingerprint density at radius 1 is 0.309 bits per heavy atom. The molecule has 0 spiro atoms. The molecule has 0 fully saturated rings. The van der Waals surface area contributed by atoms with Gasteiger partial charge in [-0.1, -0.05) is 206 Å². The summed E-state index contributed by atoms with van der Waals surface area (Å²) in [6.07, 6.45) is 0. The molecule has 9 rings (SSSR count). The van der Waals surface area contributed by atoms with E-state index in [1.54, 1.807) is 0 Å². The second-order valence-corrected chi connectivity index (χ2v) is 14.0. The van der Waals surface area contributed by atoms with Gasteiger partial charge in [0.15, 0.2) is 0 Å². The molecule has 1 heterocycles. The van der Waals surface area contributed by atoms with Gasteiger partial charge >= 0.3 is 0 Å². The van der Waals surface area contributed by atoms with E-state index in [0.717, 1.165) is 55.5 Å². The summed E-state index contributed by atoms with van der Waals surface area (Å²) in [6, 6.07) is 76.5. The minimum atomic E-state index is -0.789. The Balaban J connectivity index is 1.05. The van der Waals surface area contributed by atoms with Crippen molar-refractivity contribution in [2.45, 2.75) is 24.4 Å². The largest absolute Gasteiger partial charge is 0.356 e. The van der Waals surface area contributed by atoms with E-state index < -0.39 is 11.2 Å². The Kier molecular flexibility index (Phi) is 9.39. The van der Waals surface area contributed by atoms with Crippen molar-refractivity contribution < 1.29 is 9.47 Å². The second-order valence-electron chi connectivity index (χ2n) is 14.0. The monoisotopic (exact) mass is 711 g/mol. The Labute approximate surface area is 322 Å². The molecule has 8 aromatic carbocycles. The highest BCUT2D eigenvalue weighted by Gasteiger charge is 2.39. The number of benzene rings is 8. The van der Waals surface area contributed by atoms with Crippen molar-refractivity contribution in [1.29, 1.82) is 0 Å². The predicted molar refractivity (Wildman–Crippen MR) is 224 cm³/mol. The van der Waals surface area contributed by atoms with Gasteiger partial charge in [-0.2, -0.15) is 0 Å². The molecule has 9 aromatic rings. The smallest absolute Gasteiger partial charge is 0.144 e. The van der Waals surface area contributed by atoms with Crippen LogP contribution in [0.4, 0.5) is 0 Å². The quantitative estimate of drug-likeness (QED) is 0.128. The number of fused-ring (bicyclic) bond motifs is 3. The van der Waals surface area contributed by atoms with E-state index in [-0.39, 0.29) is 0 Å². The first-order valence-corrected chi connectivity index (χ1v) is 18.9. The minimum Gasteiger partial charge on any atom is -0.356 e. The molecule has 1 N–H and O–H groups in total. The highest BCUT2D eigenvalue weighted by molar-refractivity contribution is 6.07. The molecular weight excluding hydrogens is 671 g/mol. The van der Waals surface area contributed by atoms with E-state index in [2.05, 4.69) is 223 Å². The minimum absolute atomic E-state index is 0.420. The summed E-state index contributed by atoms with van der Waals surface area (Å²) in [5.41, 5.74) is 9.28. The molecule has 0 saturated heterocycles. The number of hydrogen-bond acceptors (Lipinski definition) is 2. The number of aromatic nitrogens is 1. The van der Waals surface area contributed by atoms with Gasteiger partial charge in [0, 0.05) is 21.8 Å². The zero-order chi connectivity index (χ0) is 36.9. The van der Waals surface area contributed by atoms with Crippen LogP contribution in [0.2, 0.25) is 0 Å². The van der Waals surface area contributed by atoms with Crippen molar-refractivity contribution in [2.24, 2.45) is 0 Å². The van der Waals surface area contributed by atoms with Gasteiger partial charge in [0.25, 0.3) is 0 Å². The summed E-state index contributed by atoms with van der Waals surface area (Å²) in [5, 5.41) is 2.36.